The van der Waals surface area contributed by atoms with Crippen molar-refractivity contribution in [2.45, 2.75) is 50.8 Å². The van der Waals surface area contributed by atoms with Gasteiger partial charge in [-0.25, -0.2) is 0 Å². The first kappa shape index (κ1) is 8.39. The lowest BCUT2D eigenvalue weighted by Crippen LogP contribution is -2.16. The number of alkyl halides is 1. The van der Waals surface area contributed by atoms with E-state index in [4.69, 9.17) is 11.6 Å². The van der Waals surface area contributed by atoms with Crippen LogP contribution in [0.5, 0.6) is 0 Å². The molecule has 0 amide bonds. The molecule has 0 aromatic carbocycles. The summed E-state index contributed by atoms with van der Waals surface area (Å²) in [5.74, 6) is 0.834. The van der Waals surface area contributed by atoms with Crippen LogP contribution < -0.4 is 0 Å². The Morgan fingerprint density at radius 3 is 2.40 bits per heavy atom. The molecule has 0 unspecified atom stereocenters. The van der Waals surface area contributed by atoms with Gasteiger partial charge in [-0.2, -0.15) is 0 Å². The zero-order chi connectivity index (χ0) is 7.40. The Hall–Kier alpha value is 0.290. The van der Waals surface area contributed by atoms with Crippen LogP contribution >= 0.6 is 11.6 Å². The van der Waals surface area contributed by atoms with Gasteiger partial charge in [-0.15, -0.1) is 11.6 Å². The van der Waals surface area contributed by atoms with Gasteiger partial charge in [0.15, 0.2) is 0 Å². The van der Waals surface area contributed by atoms with Crippen molar-refractivity contribution < 1.29 is 0 Å². The topological polar surface area (TPSA) is 0 Å². The maximum Gasteiger partial charge on any atom is 0.0361 e. The monoisotopic (exact) mass is 160 g/mol. The van der Waals surface area contributed by atoms with Gasteiger partial charge >= 0.3 is 0 Å². The highest BCUT2D eigenvalue weighted by molar-refractivity contribution is 6.20. The van der Waals surface area contributed by atoms with Gasteiger partial charge in [0.05, 0.1) is 0 Å². The van der Waals surface area contributed by atoms with Gasteiger partial charge < -0.3 is 0 Å². The van der Waals surface area contributed by atoms with Crippen molar-refractivity contribution in [1.29, 1.82) is 0 Å². The van der Waals surface area contributed by atoms with E-state index in [0.29, 0.717) is 5.38 Å². The van der Waals surface area contributed by atoms with Crippen LogP contribution in [0, 0.1) is 5.92 Å². The molecule has 1 saturated carbocycles. The predicted octanol–water partition coefficient (Wildman–Crippen LogP) is 3.58. The molecule has 10 heavy (non-hydrogen) atoms. The maximum absolute atomic E-state index is 6.14. The molecule has 1 aliphatic carbocycles. The average Bonchev–Trinajstić information content (AvgIpc) is 2.05. The molecule has 1 aliphatic rings. The van der Waals surface area contributed by atoms with Crippen molar-refractivity contribution in [3.63, 3.8) is 0 Å². The van der Waals surface area contributed by atoms with Gasteiger partial charge in [0.25, 0.3) is 0 Å². The van der Waals surface area contributed by atoms with E-state index in [1.807, 2.05) is 0 Å². The van der Waals surface area contributed by atoms with Crippen molar-refractivity contribution in [3.8, 4) is 0 Å². The molecular formula is C9H17Cl. The second kappa shape index (κ2) is 4.23. The van der Waals surface area contributed by atoms with E-state index in [-0.39, 0.29) is 0 Å². The first-order valence-corrected chi connectivity index (χ1v) is 4.92. The third kappa shape index (κ3) is 2.16. The molecular weight excluding hydrogens is 144 g/mol. The lowest BCUT2D eigenvalue weighted by molar-refractivity contribution is 0.341. The molecule has 60 valence electrons. The van der Waals surface area contributed by atoms with Gasteiger partial charge in [-0.05, 0) is 25.2 Å². The fraction of sp³-hybridized carbons (Fsp3) is 1.00. The van der Waals surface area contributed by atoms with Crippen LogP contribution in [0.15, 0.2) is 0 Å². The fourth-order valence-electron chi connectivity index (χ4n) is 1.83. The third-order valence-corrected chi connectivity index (χ3v) is 3.22. The number of rotatable bonds is 2. The molecule has 0 nitrogen and oxygen atoms in total. The molecule has 0 radical (unpaired) electrons. The summed E-state index contributed by atoms with van der Waals surface area (Å²) in [6.07, 6.45) is 8.15. The summed E-state index contributed by atoms with van der Waals surface area (Å²) in [7, 11) is 0. The Labute approximate surface area is 69.0 Å². The van der Waals surface area contributed by atoms with Crippen molar-refractivity contribution in [2.24, 2.45) is 5.92 Å². The molecule has 0 aliphatic heterocycles. The largest absolute Gasteiger partial charge is 0.123 e. The Morgan fingerprint density at radius 1 is 1.30 bits per heavy atom. The summed E-state index contributed by atoms with van der Waals surface area (Å²) in [6.45, 7) is 2.19. The molecule has 0 bridgehead atoms. The molecule has 0 heterocycles. The van der Waals surface area contributed by atoms with Gasteiger partial charge in [0, 0.05) is 5.38 Å². The zero-order valence-electron chi connectivity index (χ0n) is 6.78. The summed E-state index contributed by atoms with van der Waals surface area (Å²) in [6, 6.07) is 0. The minimum atomic E-state index is 0.459. The number of hydrogen-bond acceptors (Lipinski definition) is 0. The Balaban J connectivity index is 2.24. The summed E-state index contributed by atoms with van der Waals surface area (Å²) in [4.78, 5) is 0. The van der Waals surface area contributed by atoms with Gasteiger partial charge in [-0.3, -0.25) is 0 Å². The molecule has 0 spiro atoms. The molecule has 1 fully saturated rings. The summed E-state index contributed by atoms with van der Waals surface area (Å²) in [5.41, 5.74) is 0. The quantitative estimate of drug-likeness (QED) is 0.542. The third-order valence-electron chi connectivity index (χ3n) is 2.55. The number of hydrogen-bond donors (Lipinski definition) is 0. The van der Waals surface area contributed by atoms with Crippen molar-refractivity contribution >= 4 is 11.6 Å². The molecule has 0 aromatic heterocycles. The highest BCUT2D eigenvalue weighted by Crippen LogP contribution is 2.30. The van der Waals surface area contributed by atoms with E-state index in [9.17, 15) is 0 Å². The van der Waals surface area contributed by atoms with Crippen molar-refractivity contribution in [2.75, 3.05) is 0 Å². The lowest BCUT2D eigenvalue weighted by atomic mass is 9.86. The van der Waals surface area contributed by atoms with Crippen LogP contribution in [0.2, 0.25) is 0 Å². The smallest absolute Gasteiger partial charge is 0.0361 e. The van der Waals surface area contributed by atoms with Crippen LogP contribution in [-0.2, 0) is 0 Å². The van der Waals surface area contributed by atoms with Crippen LogP contribution in [0.4, 0.5) is 0 Å². The number of halogens is 1. The minimum absolute atomic E-state index is 0.459. The average molecular weight is 161 g/mol. The lowest BCUT2D eigenvalue weighted by Gasteiger charge is -2.24. The Bertz CT molecular complexity index is 84.7. The standard InChI is InChI=1S/C9H17Cl/c1-2-9(10)8-6-4-3-5-7-8/h8-9H,2-7H2,1H3/t9-/m0/s1. The van der Waals surface area contributed by atoms with Crippen LogP contribution in [0.25, 0.3) is 0 Å². The van der Waals surface area contributed by atoms with Crippen LogP contribution in [0.3, 0.4) is 0 Å². The zero-order valence-corrected chi connectivity index (χ0v) is 7.53. The van der Waals surface area contributed by atoms with E-state index < -0.39 is 0 Å². The van der Waals surface area contributed by atoms with Gasteiger partial charge in [0.1, 0.15) is 0 Å². The van der Waals surface area contributed by atoms with Gasteiger partial charge in [0.2, 0.25) is 0 Å². The fourth-order valence-corrected chi connectivity index (χ4v) is 2.08. The SMILES string of the molecule is CC[C@H](Cl)C1CCCCC1. The summed E-state index contributed by atoms with van der Waals surface area (Å²) in [5, 5.41) is 0.459. The molecule has 0 N–H and O–H groups in total. The van der Waals surface area contributed by atoms with E-state index in [1.54, 1.807) is 0 Å². The Morgan fingerprint density at radius 2 is 1.90 bits per heavy atom. The Kier molecular flexibility index (Phi) is 3.55. The van der Waals surface area contributed by atoms with E-state index in [0.717, 1.165) is 12.3 Å². The van der Waals surface area contributed by atoms with E-state index >= 15 is 0 Å². The molecule has 0 aromatic rings. The molecule has 0 saturated heterocycles. The van der Waals surface area contributed by atoms with E-state index in [1.165, 1.54) is 32.1 Å². The van der Waals surface area contributed by atoms with Crippen molar-refractivity contribution in [1.82, 2.24) is 0 Å². The molecule has 1 rings (SSSR count). The first-order chi connectivity index (χ1) is 4.84. The molecule has 1 heteroatoms. The van der Waals surface area contributed by atoms with Crippen molar-refractivity contribution in [3.05, 3.63) is 0 Å². The second-order valence-corrected chi connectivity index (χ2v) is 3.88. The minimum Gasteiger partial charge on any atom is -0.123 e. The molecule has 1 atom stereocenters. The normalized spacial score (nSPS) is 24.6. The van der Waals surface area contributed by atoms with E-state index in [2.05, 4.69) is 6.92 Å². The second-order valence-electron chi connectivity index (χ2n) is 3.32. The highest BCUT2D eigenvalue weighted by Gasteiger charge is 2.19. The van der Waals surface area contributed by atoms with Gasteiger partial charge in [-0.1, -0.05) is 26.2 Å². The maximum atomic E-state index is 6.14. The van der Waals surface area contributed by atoms with Crippen LogP contribution in [-0.4, -0.2) is 5.38 Å². The first-order valence-electron chi connectivity index (χ1n) is 4.48. The summed E-state index contributed by atoms with van der Waals surface area (Å²) < 4.78 is 0. The van der Waals surface area contributed by atoms with Crippen LogP contribution in [0.1, 0.15) is 45.4 Å². The highest BCUT2D eigenvalue weighted by atomic mass is 35.5. The summed E-state index contributed by atoms with van der Waals surface area (Å²) >= 11 is 6.14. The predicted molar refractivity (Wildman–Crippen MR) is 46.5 cm³/mol.